The largest absolute Gasteiger partial charge is 0.343 e. The van der Waals surface area contributed by atoms with Gasteiger partial charge in [0.15, 0.2) is 0 Å². The summed E-state index contributed by atoms with van der Waals surface area (Å²) in [5.41, 5.74) is 0.833. The molecule has 1 saturated heterocycles. The molecule has 0 bridgehead atoms. The lowest BCUT2D eigenvalue weighted by Crippen LogP contribution is -2.26. The highest BCUT2D eigenvalue weighted by atomic mass is 35.5. The van der Waals surface area contributed by atoms with Crippen molar-refractivity contribution >= 4 is 17.5 Å². The summed E-state index contributed by atoms with van der Waals surface area (Å²) in [6.07, 6.45) is 5.06. The van der Waals surface area contributed by atoms with E-state index in [1.165, 1.54) is 0 Å². The Balaban J connectivity index is 1.97. The summed E-state index contributed by atoms with van der Waals surface area (Å²) in [6, 6.07) is 0. The molecule has 2 heterocycles. The number of halogens is 1. The van der Waals surface area contributed by atoms with E-state index in [0.717, 1.165) is 31.6 Å². The summed E-state index contributed by atoms with van der Waals surface area (Å²) < 4.78 is 0. The molecule has 1 aliphatic rings. The van der Waals surface area contributed by atoms with Gasteiger partial charge in [-0.3, -0.25) is 9.78 Å². The van der Waals surface area contributed by atoms with Crippen molar-refractivity contribution in [3.8, 4) is 0 Å². The lowest BCUT2D eigenvalue weighted by molar-refractivity contribution is -0.127. The van der Waals surface area contributed by atoms with Crippen LogP contribution in [0.2, 0.25) is 5.15 Å². The normalized spacial score (nSPS) is 20.1. The molecule has 86 valence electrons. The Kier molecular flexibility index (Phi) is 3.39. The minimum Gasteiger partial charge on any atom is -0.343 e. The number of hydrogen-bond donors (Lipinski definition) is 0. The smallest absolute Gasteiger partial charge is 0.219 e. The molecule has 2 rings (SSSR count). The highest BCUT2D eigenvalue weighted by Crippen LogP contribution is 2.22. The average molecular weight is 240 g/mol. The molecular weight excluding hydrogens is 226 g/mol. The Morgan fingerprint density at radius 2 is 2.31 bits per heavy atom. The molecule has 4 nitrogen and oxygen atoms in total. The summed E-state index contributed by atoms with van der Waals surface area (Å²) >= 11 is 5.95. The molecule has 0 aliphatic carbocycles. The number of carbonyl (C=O) groups is 1. The molecule has 1 aromatic heterocycles. The molecule has 0 saturated carbocycles. The van der Waals surface area contributed by atoms with Crippen LogP contribution >= 0.6 is 11.6 Å². The number of carbonyl (C=O) groups excluding carboxylic acids is 1. The van der Waals surface area contributed by atoms with Gasteiger partial charge in [0.05, 0.1) is 5.69 Å². The molecule has 0 aromatic carbocycles. The molecule has 1 fully saturated rings. The summed E-state index contributed by atoms with van der Waals surface area (Å²) in [5, 5.41) is 0.476. The predicted octanol–water partition coefficient (Wildman–Crippen LogP) is 1.54. The van der Waals surface area contributed by atoms with Crippen molar-refractivity contribution in [3.05, 3.63) is 23.2 Å². The van der Waals surface area contributed by atoms with Crippen molar-refractivity contribution in [3.63, 3.8) is 0 Å². The van der Waals surface area contributed by atoms with E-state index in [2.05, 4.69) is 9.97 Å². The van der Waals surface area contributed by atoms with E-state index in [1.807, 2.05) is 4.90 Å². The van der Waals surface area contributed by atoms with Gasteiger partial charge >= 0.3 is 0 Å². The molecule has 1 aliphatic heterocycles. The van der Waals surface area contributed by atoms with Crippen molar-refractivity contribution in [2.45, 2.75) is 19.8 Å². The van der Waals surface area contributed by atoms with Gasteiger partial charge in [-0.05, 0) is 18.8 Å². The number of amides is 1. The molecule has 16 heavy (non-hydrogen) atoms. The monoisotopic (exact) mass is 239 g/mol. The number of aromatic nitrogens is 2. The third-order valence-corrected chi connectivity index (χ3v) is 3.25. The van der Waals surface area contributed by atoms with Gasteiger partial charge in [-0.2, -0.15) is 0 Å². The zero-order valence-corrected chi connectivity index (χ0v) is 9.94. The molecule has 1 aromatic rings. The minimum atomic E-state index is 0.146. The van der Waals surface area contributed by atoms with Gasteiger partial charge in [0.25, 0.3) is 0 Å². The highest BCUT2D eigenvalue weighted by Gasteiger charge is 2.25. The number of rotatable bonds is 2. The average Bonchev–Trinajstić information content (AvgIpc) is 2.70. The van der Waals surface area contributed by atoms with Crippen molar-refractivity contribution in [1.29, 1.82) is 0 Å². The van der Waals surface area contributed by atoms with Gasteiger partial charge in [0, 0.05) is 32.4 Å². The zero-order valence-electron chi connectivity index (χ0n) is 9.19. The Bertz CT molecular complexity index is 397. The van der Waals surface area contributed by atoms with E-state index in [-0.39, 0.29) is 5.91 Å². The van der Waals surface area contributed by atoms with Crippen molar-refractivity contribution in [2.75, 3.05) is 13.1 Å². The molecule has 5 heteroatoms. The molecule has 0 N–H and O–H groups in total. The fourth-order valence-electron chi connectivity index (χ4n) is 2.05. The van der Waals surface area contributed by atoms with Crippen LogP contribution in [0.1, 0.15) is 19.0 Å². The minimum absolute atomic E-state index is 0.146. The molecule has 1 atom stereocenters. The topological polar surface area (TPSA) is 46.1 Å². The number of hydrogen-bond acceptors (Lipinski definition) is 3. The Morgan fingerprint density at radius 3 is 2.94 bits per heavy atom. The standard InChI is InChI=1S/C11H14ClN3O/c1-8(16)15-5-2-9(7-15)6-10-11(12)14-4-3-13-10/h3-4,9H,2,5-7H2,1H3/t9-/m1/s1. The SMILES string of the molecule is CC(=O)N1CC[C@H](Cc2nccnc2Cl)C1. The fourth-order valence-corrected chi connectivity index (χ4v) is 2.23. The van der Waals surface area contributed by atoms with Gasteiger partial charge in [-0.1, -0.05) is 11.6 Å². The van der Waals surface area contributed by atoms with E-state index >= 15 is 0 Å². The zero-order chi connectivity index (χ0) is 11.5. The Hall–Kier alpha value is -1.16. The summed E-state index contributed by atoms with van der Waals surface area (Å²) in [6.45, 7) is 3.26. The quantitative estimate of drug-likeness (QED) is 0.787. The van der Waals surface area contributed by atoms with Crippen LogP contribution in [0.5, 0.6) is 0 Å². The van der Waals surface area contributed by atoms with Crippen molar-refractivity contribution in [2.24, 2.45) is 5.92 Å². The van der Waals surface area contributed by atoms with Gasteiger partial charge in [0.1, 0.15) is 5.15 Å². The first-order valence-corrected chi connectivity index (χ1v) is 5.75. The Morgan fingerprint density at radius 1 is 1.56 bits per heavy atom. The third-order valence-electron chi connectivity index (χ3n) is 2.94. The first-order chi connectivity index (χ1) is 7.66. The maximum absolute atomic E-state index is 11.2. The van der Waals surface area contributed by atoms with Crippen LogP contribution in [0.15, 0.2) is 12.4 Å². The summed E-state index contributed by atoms with van der Waals surface area (Å²) in [5.74, 6) is 0.603. The van der Waals surface area contributed by atoms with Crippen molar-refractivity contribution < 1.29 is 4.79 Å². The summed E-state index contributed by atoms with van der Waals surface area (Å²) in [4.78, 5) is 21.3. The van der Waals surface area contributed by atoms with Gasteiger partial charge in [-0.25, -0.2) is 4.98 Å². The second kappa shape index (κ2) is 4.78. The third kappa shape index (κ3) is 2.50. The van der Waals surface area contributed by atoms with E-state index in [4.69, 9.17) is 11.6 Å². The first kappa shape index (κ1) is 11.3. The van der Waals surface area contributed by atoms with Crippen LogP contribution in [0.3, 0.4) is 0 Å². The lowest BCUT2D eigenvalue weighted by atomic mass is 10.0. The molecule has 1 amide bonds. The number of likely N-dealkylation sites (tertiary alicyclic amines) is 1. The fraction of sp³-hybridized carbons (Fsp3) is 0.545. The van der Waals surface area contributed by atoms with E-state index in [1.54, 1.807) is 19.3 Å². The van der Waals surface area contributed by atoms with E-state index < -0.39 is 0 Å². The van der Waals surface area contributed by atoms with Crippen LogP contribution in [0.4, 0.5) is 0 Å². The van der Waals surface area contributed by atoms with E-state index in [9.17, 15) is 4.79 Å². The second-order valence-corrected chi connectivity index (χ2v) is 4.48. The number of nitrogens with zero attached hydrogens (tertiary/aromatic N) is 3. The van der Waals surface area contributed by atoms with Crippen LogP contribution < -0.4 is 0 Å². The summed E-state index contributed by atoms with van der Waals surface area (Å²) in [7, 11) is 0. The van der Waals surface area contributed by atoms with Crippen LogP contribution in [-0.2, 0) is 11.2 Å². The van der Waals surface area contributed by atoms with Gasteiger partial charge < -0.3 is 4.90 Å². The van der Waals surface area contributed by atoms with Crippen molar-refractivity contribution in [1.82, 2.24) is 14.9 Å². The van der Waals surface area contributed by atoms with E-state index in [0.29, 0.717) is 11.1 Å². The first-order valence-electron chi connectivity index (χ1n) is 5.37. The second-order valence-electron chi connectivity index (χ2n) is 4.12. The Labute approximate surface area is 99.6 Å². The molecule has 0 unspecified atom stereocenters. The van der Waals surface area contributed by atoms with Crippen LogP contribution in [0.25, 0.3) is 0 Å². The maximum Gasteiger partial charge on any atom is 0.219 e. The van der Waals surface area contributed by atoms with Crippen LogP contribution in [-0.4, -0.2) is 33.9 Å². The molecular formula is C11H14ClN3O. The molecule has 0 radical (unpaired) electrons. The van der Waals surface area contributed by atoms with Gasteiger partial charge in [0.2, 0.25) is 5.91 Å². The lowest BCUT2D eigenvalue weighted by Gasteiger charge is -2.13. The highest BCUT2D eigenvalue weighted by molar-refractivity contribution is 6.29. The molecule has 0 spiro atoms. The van der Waals surface area contributed by atoms with Crippen LogP contribution in [0, 0.1) is 5.92 Å². The van der Waals surface area contributed by atoms with Gasteiger partial charge in [-0.15, -0.1) is 0 Å². The maximum atomic E-state index is 11.2. The predicted molar refractivity (Wildman–Crippen MR) is 61.1 cm³/mol.